The Balaban J connectivity index is 1.57. The number of hydrogen-bond donors (Lipinski definition) is 0. The number of piperidine rings is 2. The van der Waals surface area contributed by atoms with Crippen molar-refractivity contribution in [3.05, 3.63) is 34.3 Å². The predicted octanol–water partition coefficient (Wildman–Crippen LogP) is 5.76. The van der Waals surface area contributed by atoms with Gasteiger partial charge in [0.05, 0.1) is 0 Å². The Bertz CT molecular complexity index is 769. The second-order valence-corrected chi connectivity index (χ2v) is 11.0. The minimum Gasteiger partial charge on any atom is -0.444 e. The lowest BCUT2D eigenvalue weighted by Gasteiger charge is -2.49. The molecule has 2 heterocycles. The Hall–Kier alpha value is -1.40. The van der Waals surface area contributed by atoms with Crippen molar-refractivity contribution >= 4 is 27.7 Å². The molecule has 2 saturated heterocycles. The highest BCUT2D eigenvalue weighted by atomic mass is 79.9. The van der Waals surface area contributed by atoms with Crippen LogP contribution in [0.5, 0.6) is 0 Å². The van der Waals surface area contributed by atoms with Crippen molar-refractivity contribution in [2.24, 2.45) is 10.9 Å². The van der Waals surface area contributed by atoms with E-state index in [1.807, 2.05) is 25.7 Å². The third kappa shape index (κ3) is 6.32. The van der Waals surface area contributed by atoms with Gasteiger partial charge >= 0.3 is 6.09 Å². The Morgan fingerprint density at radius 1 is 1.13 bits per heavy atom. The number of halogens is 1. The van der Waals surface area contributed by atoms with Crippen LogP contribution in [0.15, 0.2) is 33.7 Å². The number of likely N-dealkylation sites (tertiary alicyclic amines) is 2. The maximum Gasteiger partial charge on any atom is 0.410 e. The lowest BCUT2D eigenvalue weighted by atomic mass is 9.82. The van der Waals surface area contributed by atoms with E-state index in [1.54, 1.807) is 0 Å². The molecule has 0 unspecified atom stereocenters. The third-order valence-corrected chi connectivity index (χ3v) is 7.13. The summed E-state index contributed by atoms with van der Waals surface area (Å²) in [6.45, 7) is 14.8. The predicted molar refractivity (Wildman–Crippen MR) is 131 cm³/mol. The van der Waals surface area contributed by atoms with Crippen molar-refractivity contribution in [3.63, 3.8) is 0 Å². The first-order chi connectivity index (χ1) is 14.6. The molecule has 2 aliphatic rings. The molecule has 1 aromatic rings. The van der Waals surface area contributed by atoms with Gasteiger partial charge in [-0.25, -0.2) is 4.79 Å². The summed E-state index contributed by atoms with van der Waals surface area (Å²) in [7, 11) is 0. The molecule has 2 aliphatic heterocycles. The van der Waals surface area contributed by atoms with Crippen LogP contribution in [0.4, 0.5) is 4.79 Å². The van der Waals surface area contributed by atoms with Gasteiger partial charge < -0.3 is 9.64 Å². The highest BCUT2D eigenvalue weighted by Gasteiger charge is 2.39. The molecule has 1 amide bonds. The van der Waals surface area contributed by atoms with Crippen LogP contribution in [0, 0.1) is 5.92 Å². The maximum absolute atomic E-state index is 12.4. The van der Waals surface area contributed by atoms with Gasteiger partial charge in [0.25, 0.3) is 0 Å². The summed E-state index contributed by atoms with van der Waals surface area (Å²) in [5.41, 5.74) is 2.23. The maximum atomic E-state index is 12.4. The summed E-state index contributed by atoms with van der Waals surface area (Å²) in [4.78, 5) is 21.8. The van der Waals surface area contributed by atoms with E-state index >= 15 is 0 Å². The van der Waals surface area contributed by atoms with Crippen LogP contribution in [-0.4, -0.2) is 65.5 Å². The SMILES string of the molecule is CCN=C(c1ccc(Br)cc1)C1CCN(C2(C)CCN(C(=O)OC(C)(C)C)CC2)CC1. The van der Waals surface area contributed by atoms with Crippen LogP contribution >= 0.6 is 15.9 Å². The monoisotopic (exact) mass is 491 g/mol. The lowest BCUT2D eigenvalue weighted by molar-refractivity contribution is -0.00817. The highest BCUT2D eigenvalue weighted by molar-refractivity contribution is 9.10. The number of aliphatic imine (C=N–C) groups is 1. The van der Waals surface area contributed by atoms with Crippen molar-refractivity contribution in [1.29, 1.82) is 0 Å². The van der Waals surface area contributed by atoms with Gasteiger partial charge in [-0.15, -0.1) is 0 Å². The molecule has 172 valence electrons. The number of rotatable bonds is 4. The van der Waals surface area contributed by atoms with Crippen LogP contribution in [0.3, 0.4) is 0 Å². The van der Waals surface area contributed by atoms with Crippen molar-refractivity contribution < 1.29 is 9.53 Å². The fraction of sp³-hybridized carbons (Fsp3) is 0.680. The van der Waals surface area contributed by atoms with Gasteiger partial charge in [-0.2, -0.15) is 0 Å². The van der Waals surface area contributed by atoms with Gasteiger partial charge in [-0.1, -0.05) is 28.1 Å². The quantitative estimate of drug-likeness (QED) is 0.502. The minimum atomic E-state index is -0.438. The van der Waals surface area contributed by atoms with Crippen molar-refractivity contribution in [2.45, 2.75) is 71.4 Å². The zero-order valence-corrected chi connectivity index (χ0v) is 21.4. The van der Waals surface area contributed by atoms with E-state index in [-0.39, 0.29) is 11.6 Å². The average Bonchev–Trinajstić information content (AvgIpc) is 2.72. The molecular formula is C25H38BrN3O2. The molecule has 31 heavy (non-hydrogen) atoms. The molecule has 1 aromatic carbocycles. The summed E-state index contributed by atoms with van der Waals surface area (Å²) in [6, 6.07) is 8.57. The normalized spacial score (nSPS) is 21.2. The molecule has 2 fully saturated rings. The molecule has 0 aromatic heterocycles. The molecular weight excluding hydrogens is 454 g/mol. The zero-order valence-electron chi connectivity index (χ0n) is 19.8. The first-order valence-corrected chi connectivity index (χ1v) is 12.4. The number of amides is 1. The van der Waals surface area contributed by atoms with Gasteiger partial charge in [-0.3, -0.25) is 9.89 Å². The Kier molecular flexibility index (Phi) is 7.85. The number of nitrogens with zero attached hydrogens (tertiary/aromatic N) is 3. The molecule has 0 atom stereocenters. The van der Waals surface area contributed by atoms with Gasteiger partial charge in [0.1, 0.15) is 5.60 Å². The van der Waals surface area contributed by atoms with Gasteiger partial charge in [-0.05, 0) is 91.1 Å². The summed E-state index contributed by atoms with van der Waals surface area (Å²) >= 11 is 3.54. The average molecular weight is 493 g/mol. The lowest BCUT2D eigenvalue weighted by Crippen LogP contribution is -2.57. The van der Waals surface area contributed by atoms with Crippen molar-refractivity contribution in [3.8, 4) is 0 Å². The molecule has 6 heteroatoms. The van der Waals surface area contributed by atoms with Gasteiger partial charge in [0, 0.05) is 41.3 Å². The van der Waals surface area contributed by atoms with Crippen molar-refractivity contribution in [2.75, 3.05) is 32.7 Å². The van der Waals surface area contributed by atoms with E-state index in [0.29, 0.717) is 5.92 Å². The Labute approximate surface area is 196 Å². The summed E-state index contributed by atoms with van der Waals surface area (Å²) in [5.74, 6) is 0.517. The fourth-order valence-electron chi connectivity index (χ4n) is 4.75. The van der Waals surface area contributed by atoms with Gasteiger partial charge in [0.2, 0.25) is 0 Å². The number of ether oxygens (including phenoxy) is 1. The van der Waals surface area contributed by atoms with E-state index in [1.165, 1.54) is 11.3 Å². The number of carbonyl (C=O) groups is 1. The fourth-order valence-corrected chi connectivity index (χ4v) is 5.02. The van der Waals surface area contributed by atoms with Crippen LogP contribution in [0.25, 0.3) is 0 Å². The van der Waals surface area contributed by atoms with E-state index in [4.69, 9.17) is 9.73 Å². The Morgan fingerprint density at radius 2 is 1.71 bits per heavy atom. The van der Waals surface area contributed by atoms with Crippen LogP contribution in [0.2, 0.25) is 0 Å². The van der Waals surface area contributed by atoms with E-state index in [0.717, 1.165) is 62.9 Å². The van der Waals surface area contributed by atoms with Crippen LogP contribution in [0.1, 0.15) is 65.9 Å². The Morgan fingerprint density at radius 3 is 2.23 bits per heavy atom. The first-order valence-electron chi connectivity index (χ1n) is 11.6. The molecule has 0 saturated carbocycles. The topological polar surface area (TPSA) is 45.1 Å². The zero-order chi connectivity index (χ0) is 22.6. The summed E-state index contributed by atoms with van der Waals surface area (Å²) in [5, 5.41) is 0. The second kappa shape index (κ2) is 10.0. The van der Waals surface area contributed by atoms with E-state index in [9.17, 15) is 4.79 Å². The van der Waals surface area contributed by atoms with E-state index < -0.39 is 5.60 Å². The summed E-state index contributed by atoms with van der Waals surface area (Å²) in [6.07, 6.45) is 4.10. The smallest absolute Gasteiger partial charge is 0.410 e. The molecule has 0 N–H and O–H groups in total. The molecule has 0 bridgehead atoms. The molecule has 0 aliphatic carbocycles. The first kappa shape index (κ1) is 24.2. The molecule has 3 rings (SSSR count). The largest absolute Gasteiger partial charge is 0.444 e. The number of benzene rings is 1. The third-order valence-electron chi connectivity index (χ3n) is 6.61. The molecule has 5 nitrogen and oxygen atoms in total. The molecule has 0 spiro atoms. The highest BCUT2D eigenvalue weighted by Crippen LogP contribution is 2.34. The number of hydrogen-bond acceptors (Lipinski definition) is 4. The van der Waals surface area contributed by atoms with Crippen molar-refractivity contribution in [1.82, 2.24) is 9.80 Å². The standard InChI is InChI=1S/C25H38BrN3O2/c1-6-27-22(19-7-9-21(26)10-8-19)20-11-15-29(16-12-20)25(5)13-17-28(18-14-25)23(30)31-24(2,3)4/h7-10,20H,6,11-18H2,1-5H3. The molecule has 0 radical (unpaired) electrons. The van der Waals surface area contributed by atoms with Crippen LogP contribution in [-0.2, 0) is 4.74 Å². The van der Waals surface area contributed by atoms with E-state index in [2.05, 4.69) is 58.9 Å². The summed E-state index contributed by atoms with van der Waals surface area (Å²) < 4.78 is 6.67. The second-order valence-electron chi connectivity index (χ2n) is 10.1. The van der Waals surface area contributed by atoms with Crippen LogP contribution < -0.4 is 0 Å². The number of carbonyl (C=O) groups excluding carboxylic acids is 1. The minimum absolute atomic E-state index is 0.156. The van der Waals surface area contributed by atoms with Gasteiger partial charge in [0.15, 0.2) is 0 Å².